The third kappa shape index (κ3) is 3.61. The number of aliphatic hydroxyl groups is 1. The molecule has 0 radical (unpaired) electrons. The van der Waals surface area contributed by atoms with E-state index in [0.29, 0.717) is 5.69 Å². The number of hydrogen-bond acceptors (Lipinski definition) is 3. The minimum absolute atomic E-state index is 0.0763. The zero-order valence-corrected chi connectivity index (χ0v) is 12.8. The molecule has 2 aromatic carbocycles. The summed E-state index contributed by atoms with van der Waals surface area (Å²) in [4.78, 5) is 16.2. The maximum absolute atomic E-state index is 12.6. The molecule has 0 aliphatic heterocycles. The van der Waals surface area contributed by atoms with Crippen molar-refractivity contribution in [2.45, 2.75) is 12.3 Å². The van der Waals surface area contributed by atoms with Gasteiger partial charge in [0.1, 0.15) is 0 Å². The number of halogens is 3. The fourth-order valence-corrected chi connectivity index (χ4v) is 2.44. The first-order valence-electron chi connectivity index (χ1n) is 7.35. The maximum Gasteiger partial charge on any atom is 0.416 e. The predicted molar refractivity (Wildman–Crippen MR) is 86.8 cm³/mol. The molecule has 3 rings (SSSR count). The molecule has 0 aliphatic carbocycles. The quantitative estimate of drug-likeness (QED) is 0.755. The minimum atomic E-state index is -4.47. The number of anilines is 1. The molecule has 0 fully saturated rings. The van der Waals surface area contributed by atoms with Crippen LogP contribution in [0, 0.1) is 0 Å². The summed E-state index contributed by atoms with van der Waals surface area (Å²) in [6, 6.07) is 10.8. The van der Waals surface area contributed by atoms with Gasteiger partial charge in [0.25, 0.3) is 5.91 Å². The van der Waals surface area contributed by atoms with Crippen molar-refractivity contribution >= 4 is 22.4 Å². The van der Waals surface area contributed by atoms with Gasteiger partial charge in [-0.3, -0.25) is 9.78 Å². The van der Waals surface area contributed by atoms with Crippen LogP contribution in [0.1, 0.15) is 17.2 Å². The van der Waals surface area contributed by atoms with E-state index in [1.54, 1.807) is 30.6 Å². The number of carbonyl (C=O) groups is 1. The number of alkyl halides is 3. The summed E-state index contributed by atoms with van der Waals surface area (Å²) in [6.07, 6.45) is -2.84. The molecule has 2 N–H and O–H groups in total. The third-order valence-corrected chi connectivity index (χ3v) is 3.74. The van der Waals surface area contributed by atoms with Gasteiger partial charge < -0.3 is 10.4 Å². The number of carbonyl (C=O) groups excluding carboxylic acids is 1. The first kappa shape index (κ1) is 16.9. The van der Waals surface area contributed by atoms with Crippen LogP contribution < -0.4 is 5.32 Å². The summed E-state index contributed by atoms with van der Waals surface area (Å²) >= 11 is 0. The number of hydrogen-bond donors (Lipinski definition) is 2. The first-order chi connectivity index (χ1) is 11.9. The molecule has 1 amide bonds. The van der Waals surface area contributed by atoms with Crippen LogP contribution in [0.25, 0.3) is 10.8 Å². The molecule has 4 nitrogen and oxygen atoms in total. The van der Waals surface area contributed by atoms with Crippen molar-refractivity contribution in [1.82, 2.24) is 4.98 Å². The number of aliphatic hydroxyl groups excluding tert-OH is 1. The highest BCUT2D eigenvalue weighted by atomic mass is 19.4. The molecular weight excluding hydrogens is 333 g/mol. The lowest BCUT2D eigenvalue weighted by Gasteiger charge is -2.14. The molecular formula is C18H13F3N2O2. The van der Waals surface area contributed by atoms with Gasteiger partial charge >= 0.3 is 6.18 Å². The van der Waals surface area contributed by atoms with Gasteiger partial charge in [-0.25, -0.2) is 0 Å². The Bertz CT molecular complexity index is 903. The Kier molecular flexibility index (Phi) is 4.41. The van der Waals surface area contributed by atoms with Crippen molar-refractivity contribution in [1.29, 1.82) is 0 Å². The summed E-state index contributed by atoms with van der Waals surface area (Å²) in [5, 5.41) is 14.3. The van der Waals surface area contributed by atoms with E-state index in [0.717, 1.165) is 35.0 Å². The van der Waals surface area contributed by atoms with Crippen molar-refractivity contribution in [2.24, 2.45) is 0 Å². The number of nitrogens with one attached hydrogen (secondary N) is 1. The number of nitrogens with zero attached hydrogens (tertiary/aromatic N) is 1. The zero-order chi connectivity index (χ0) is 18.0. The van der Waals surface area contributed by atoms with Gasteiger partial charge in [-0.05, 0) is 29.8 Å². The van der Waals surface area contributed by atoms with Crippen molar-refractivity contribution < 1.29 is 23.1 Å². The molecule has 0 aliphatic rings. The summed E-state index contributed by atoms with van der Waals surface area (Å²) in [5.74, 6) is -0.732. The van der Waals surface area contributed by atoms with Gasteiger partial charge in [-0.2, -0.15) is 13.2 Å². The standard InChI is InChI=1S/C18H13F3N2O2/c19-18(20,21)13-6-4-11(5-7-13)16(24)17(25)23-15-3-1-2-12-10-22-9-8-14(12)15/h1-10,16,24H,(H,23,25). The molecule has 0 saturated carbocycles. The second-order valence-corrected chi connectivity index (χ2v) is 5.41. The van der Waals surface area contributed by atoms with Crippen LogP contribution in [0.2, 0.25) is 0 Å². The minimum Gasteiger partial charge on any atom is -0.378 e. The smallest absolute Gasteiger partial charge is 0.378 e. The van der Waals surface area contributed by atoms with Crippen molar-refractivity contribution in [3.8, 4) is 0 Å². The normalized spacial score (nSPS) is 12.8. The summed E-state index contributed by atoms with van der Waals surface area (Å²) in [5.41, 5.74) is -0.284. The van der Waals surface area contributed by atoms with Crippen LogP contribution in [0.5, 0.6) is 0 Å². The molecule has 0 spiro atoms. The Morgan fingerprint density at radius 1 is 1.08 bits per heavy atom. The van der Waals surface area contributed by atoms with E-state index in [-0.39, 0.29) is 5.56 Å². The summed E-state index contributed by atoms with van der Waals surface area (Å²) < 4.78 is 37.7. The molecule has 0 saturated heterocycles. The van der Waals surface area contributed by atoms with Crippen LogP contribution in [0.3, 0.4) is 0 Å². The van der Waals surface area contributed by atoms with Gasteiger partial charge in [0.15, 0.2) is 6.10 Å². The Balaban J connectivity index is 1.81. The van der Waals surface area contributed by atoms with E-state index >= 15 is 0 Å². The van der Waals surface area contributed by atoms with Gasteiger partial charge in [-0.15, -0.1) is 0 Å². The molecule has 0 bridgehead atoms. The number of aromatic nitrogens is 1. The number of amides is 1. The maximum atomic E-state index is 12.6. The van der Waals surface area contributed by atoms with Crippen LogP contribution in [0.4, 0.5) is 18.9 Å². The fraction of sp³-hybridized carbons (Fsp3) is 0.111. The molecule has 7 heteroatoms. The van der Waals surface area contributed by atoms with Crippen molar-refractivity contribution in [2.75, 3.05) is 5.32 Å². The first-order valence-corrected chi connectivity index (χ1v) is 7.35. The molecule has 1 heterocycles. The van der Waals surface area contributed by atoms with Crippen LogP contribution in [0.15, 0.2) is 60.9 Å². The van der Waals surface area contributed by atoms with E-state index in [9.17, 15) is 23.1 Å². The van der Waals surface area contributed by atoms with Gasteiger partial charge in [0.05, 0.1) is 5.56 Å². The van der Waals surface area contributed by atoms with E-state index in [2.05, 4.69) is 10.3 Å². The largest absolute Gasteiger partial charge is 0.416 e. The van der Waals surface area contributed by atoms with Crippen molar-refractivity contribution in [3.05, 3.63) is 72.1 Å². The summed E-state index contributed by atoms with van der Waals surface area (Å²) in [6.45, 7) is 0. The van der Waals surface area contributed by atoms with E-state index in [1.165, 1.54) is 0 Å². The van der Waals surface area contributed by atoms with Crippen molar-refractivity contribution in [3.63, 3.8) is 0 Å². The molecule has 1 unspecified atom stereocenters. The Hall–Kier alpha value is -2.93. The summed E-state index contributed by atoms with van der Waals surface area (Å²) in [7, 11) is 0. The second-order valence-electron chi connectivity index (χ2n) is 5.41. The zero-order valence-electron chi connectivity index (χ0n) is 12.8. The monoisotopic (exact) mass is 346 g/mol. The van der Waals surface area contributed by atoms with Gasteiger partial charge in [0, 0.05) is 28.9 Å². The Labute approximate surface area is 140 Å². The van der Waals surface area contributed by atoms with Crippen LogP contribution >= 0.6 is 0 Å². The Morgan fingerprint density at radius 3 is 2.48 bits per heavy atom. The van der Waals surface area contributed by atoms with Crippen LogP contribution in [-0.4, -0.2) is 16.0 Å². The second kappa shape index (κ2) is 6.52. The highest BCUT2D eigenvalue weighted by Gasteiger charge is 2.30. The Morgan fingerprint density at radius 2 is 1.80 bits per heavy atom. The SMILES string of the molecule is O=C(Nc1cccc2cnccc12)C(O)c1ccc(C(F)(F)F)cc1. The van der Waals surface area contributed by atoms with Crippen LogP contribution in [-0.2, 0) is 11.0 Å². The number of rotatable bonds is 3. The lowest BCUT2D eigenvalue weighted by Crippen LogP contribution is -2.21. The van der Waals surface area contributed by atoms with Gasteiger partial charge in [-0.1, -0.05) is 24.3 Å². The topological polar surface area (TPSA) is 62.2 Å². The van der Waals surface area contributed by atoms with E-state index < -0.39 is 23.8 Å². The number of fused-ring (bicyclic) bond motifs is 1. The highest BCUT2D eigenvalue weighted by molar-refractivity contribution is 6.03. The lowest BCUT2D eigenvalue weighted by molar-refractivity contribution is -0.137. The van der Waals surface area contributed by atoms with Gasteiger partial charge in [0.2, 0.25) is 0 Å². The molecule has 25 heavy (non-hydrogen) atoms. The van der Waals surface area contributed by atoms with E-state index in [1.807, 2.05) is 6.07 Å². The number of benzene rings is 2. The molecule has 1 aromatic heterocycles. The number of pyridine rings is 1. The predicted octanol–water partition coefficient (Wildman–Crippen LogP) is 3.93. The molecule has 128 valence electrons. The average Bonchev–Trinajstić information content (AvgIpc) is 2.61. The lowest BCUT2D eigenvalue weighted by atomic mass is 10.1. The van der Waals surface area contributed by atoms with E-state index in [4.69, 9.17) is 0 Å². The molecule has 1 atom stereocenters. The third-order valence-electron chi connectivity index (χ3n) is 3.74. The molecule has 3 aromatic rings. The highest BCUT2D eigenvalue weighted by Crippen LogP contribution is 2.30. The fourth-order valence-electron chi connectivity index (χ4n) is 2.44. The average molecular weight is 346 g/mol.